The van der Waals surface area contributed by atoms with Crippen LogP contribution in [0, 0.1) is 5.92 Å². The molecule has 5 rings (SSSR count). The Labute approximate surface area is 146 Å². The number of amides is 2. The minimum absolute atomic E-state index is 0.00821. The molecule has 1 aliphatic carbocycles. The molecule has 0 N–H and O–H groups in total. The topological polar surface area (TPSA) is 75.9 Å². The van der Waals surface area contributed by atoms with Gasteiger partial charge >= 0.3 is 0 Å². The van der Waals surface area contributed by atoms with Gasteiger partial charge in [-0.1, -0.05) is 5.16 Å². The maximum Gasteiger partial charge on any atom is 0.276 e. The minimum Gasteiger partial charge on any atom is -0.372 e. The highest BCUT2D eigenvalue weighted by atomic mass is 16.5. The number of ether oxygens (including phenoxy) is 1. The Bertz CT molecular complexity index is 680. The second kappa shape index (κ2) is 5.83. The average molecular weight is 345 g/mol. The average Bonchev–Trinajstić information content (AvgIpc) is 2.97. The van der Waals surface area contributed by atoms with Gasteiger partial charge in [-0.2, -0.15) is 0 Å². The first-order valence-electron chi connectivity index (χ1n) is 9.36. The summed E-state index contributed by atoms with van der Waals surface area (Å²) in [5.74, 6) is 1.76. The standard InChI is InChI=1S/C18H23N3O4/c22-17(20-4-1-5-20)7-13-6-12-9-21(10-16(12)24-13)18(23)14-8-15(25-19-14)11-2-3-11/h8,11-13,16H,1-7,9-10H2/t12-,13-,16+/m0/s1. The summed E-state index contributed by atoms with van der Waals surface area (Å²) < 4.78 is 11.4. The molecule has 7 nitrogen and oxygen atoms in total. The summed E-state index contributed by atoms with van der Waals surface area (Å²) >= 11 is 0. The van der Waals surface area contributed by atoms with E-state index in [1.807, 2.05) is 9.80 Å². The lowest BCUT2D eigenvalue weighted by atomic mass is 10.0. The molecule has 4 heterocycles. The van der Waals surface area contributed by atoms with Crippen LogP contribution >= 0.6 is 0 Å². The fraction of sp³-hybridized carbons (Fsp3) is 0.722. The van der Waals surface area contributed by atoms with E-state index in [1.165, 1.54) is 0 Å². The second-order valence-electron chi connectivity index (χ2n) is 7.83. The van der Waals surface area contributed by atoms with Crippen molar-refractivity contribution in [1.82, 2.24) is 15.0 Å². The van der Waals surface area contributed by atoms with Gasteiger partial charge in [-0.25, -0.2) is 0 Å². The van der Waals surface area contributed by atoms with Crippen LogP contribution < -0.4 is 0 Å². The maximum absolute atomic E-state index is 12.6. The third-order valence-electron chi connectivity index (χ3n) is 5.94. The predicted octanol–water partition coefficient (Wildman–Crippen LogP) is 1.40. The summed E-state index contributed by atoms with van der Waals surface area (Å²) in [5.41, 5.74) is 0.409. The second-order valence-corrected chi connectivity index (χ2v) is 7.83. The Kier molecular flexibility index (Phi) is 3.58. The van der Waals surface area contributed by atoms with Crippen LogP contribution in [0.25, 0.3) is 0 Å². The molecule has 4 fully saturated rings. The largest absolute Gasteiger partial charge is 0.372 e. The Morgan fingerprint density at radius 3 is 2.72 bits per heavy atom. The molecule has 0 radical (unpaired) electrons. The van der Waals surface area contributed by atoms with E-state index in [4.69, 9.17) is 9.26 Å². The number of rotatable bonds is 4. The van der Waals surface area contributed by atoms with Gasteiger partial charge in [0.05, 0.1) is 18.6 Å². The molecule has 1 aromatic heterocycles. The van der Waals surface area contributed by atoms with Gasteiger partial charge in [0.1, 0.15) is 5.76 Å². The van der Waals surface area contributed by atoms with Crippen molar-refractivity contribution in [2.75, 3.05) is 26.2 Å². The molecule has 3 atom stereocenters. The molecule has 2 amide bonds. The molecule has 4 aliphatic rings. The Balaban J connectivity index is 1.16. The quantitative estimate of drug-likeness (QED) is 0.825. The van der Waals surface area contributed by atoms with Gasteiger partial charge in [0, 0.05) is 44.1 Å². The molecule has 7 heteroatoms. The van der Waals surface area contributed by atoms with Crippen LogP contribution in [0.15, 0.2) is 10.6 Å². The first-order valence-corrected chi connectivity index (χ1v) is 9.36. The van der Waals surface area contributed by atoms with Gasteiger partial charge in [-0.05, 0) is 25.7 Å². The van der Waals surface area contributed by atoms with E-state index >= 15 is 0 Å². The molecular formula is C18H23N3O4. The molecule has 134 valence electrons. The zero-order valence-electron chi connectivity index (χ0n) is 14.2. The Morgan fingerprint density at radius 2 is 2.04 bits per heavy atom. The van der Waals surface area contributed by atoms with Crippen LogP contribution in [-0.2, 0) is 9.53 Å². The summed E-state index contributed by atoms with van der Waals surface area (Å²) in [6.45, 7) is 3.05. The van der Waals surface area contributed by atoms with Gasteiger partial charge in [-0.3, -0.25) is 9.59 Å². The number of fused-ring (bicyclic) bond motifs is 1. The van der Waals surface area contributed by atoms with Crippen molar-refractivity contribution in [3.63, 3.8) is 0 Å². The number of likely N-dealkylation sites (tertiary alicyclic amines) is 2. The monoisotopic (exact) mass is 345 g/mol. The SMILES string of the molecule is O=C(C[C@@H]1C[C@H]2CN(C(=O)c3cc(C4CC4)on3)C[C@H]2O1)N1CCC1. The van der Waals surface area contributed by atoms with Crippen LogP contribution in [0.5, 0.6) is 0 Å². The fourth-order valence-corrected chi connectivity index (χ4v) is 4.16. The van der Waals surface area contributed by atoms with Gasteiger partial charge < -0.3 is 19.1 Å². The summed E-state index contributed by atoms with van der Waals surface area (Å²) in [5, 5.41) is 3.95. The zero-order valence-corrected chi connectivity index (χ0v) is 14.2. The number of hydrogen-bond acceptors (Lipinski definition) is 5. The van der Waals surface area contributed by atoms with E-state index in [-0.39, 0.29) is 24.0 Å². The molecule has 25 heavy (non-hydrogen) atoms. The van der Waals surface area contributed by atoms with Crippen LogP contribution in [0.2, 0.25) is 0 Å². The number of aromatic nitrogens is 1. The zero-order chi connectivity index (χ0) is 17.0. The van der Waals surface area contributed by atoms with Crippen molar-refractivity contribution >= 4 is 11.8 Å². The summed E-state index contributed by atoms with van der Waals surface area (Å²) in [6.07, 6.45) is 4.77. The highest BCUT2D eigenvalue weighted by Gasteiger charge is 2.45. The highest BCUT2D eigenvalue weighted by molar-refractivity contribution is 5.92. The number of carbonyl (C=O) groups is 2. The lowest BCUT2D eigenvalue weighted by molar-refractivity contribution is -0.137. The van der Waals surface area contributed by atoms with Crippen molar-refractivity contribution in [1.29, 1.82) is 0 Å². The first-order chi connectivity index (χ1) is 12.2. The van der Waals surface area contributed by atoms with Crippen LogP contribution in [-0.4, -0.2) is 65.2 Å². The number of carbonyl (C=O) groups excluding carboxylic acids is 2. The smallest absolute Gasteiger partial charge is 0.276 e. The molecular weight excluding hydrogens is 322 g/mol. The van der Waals surface area contributed by atoms with Gasteiger partial charge in [0.15, 0.2) is 5.69 Å². The molecule has 0 spiro atoms. The highest BCUT2D eigenvalue weighted by Crippen LogP contribution is 2.40. The summed E-state index contributed by atoms with van der Waals surface area (Å²) in [6, 6.07) is 1.80. The fourth-order valence-electron chi connectivity index (χ4n) is 4.16. The van der Waals surface area contributed by atoms with Crippen LogP contribution in [0.1, 0.15) is 54.3 Å². The van der Waals surface area contributed by atoms with Crippen molar-refractivity contribution in [3.05, 3.63) is 17.5 Å². The minimum atomic E-state index is -0.0677. The molecule has 3 saturated heterocycles. The van der Waals surface area contributed by atoms with Crippen LogP contribution in [0.4, 0.5) is 0 Å². The first kappa shape index (κ1) is 15.4. The van der Waals surface area contributed by atoms with E-state index < -0.39 is 0 Å². The molecule has 0 bridgehead atoms. The van der Waals surface area contributed by atoms with Gasteiger partial charge in [-0.15, -0.1) is 0 Å². The van der Waals surface area contributed by atoms with Crippen molar-refractivity contribution in [3.8, 4) is 0 Å². The summed E-state index contributed by atoms with van der Waals surface area (Å²) in [7, 11) is 0. The van der Waals surface area contributed by atoms with E-state index in [1.54, 1.807) is 6.07 Å². The van der Waals surface area contributed by atoms with Crippen molar-refractivity contribution in [2.24, 2.45) is 5.92 Å². The van der Waals surface area contributed by atoms with Gasteiger partial charge in [0.2, 0.25) is 5.91 Å². The molecule has 3 aliphatic heterocycles. The van der Waals surface area contributed by atoms with Crippen molar-refractivity contribution in [2.45, 2.75) is 50.2 Å². The lowest BCUT2D eigenvalue weighted by Gasteiger charge is -2.31. The third kappa shape index (κ3) is 2.84. The van der Waals surface area contributed by atoms with Crippen molar-refractivity contribution < 1.29 is 18.8 Å². The number of hydrogen-bond donors (Lipinski definition) is 0. The molecule has 1 aromatic rings. The summed E-state index contributed by atoms with van der Waals surface area (Å²) in [4.78, 5) is 28.4. The third-order valence-corrected chi connectivity index (χ3v) is 5.94. The Morgan fingerprint density at radius 1 is 1.20 bits per heavy atom. The number of nitrogens with zero attached hydrogens (tertiary/aromatic N) is 3. The normalized spacial score (nSPS) is 31.1. The maximum atomic E-state index is 12.6. The van der Waals surface area contributed by atoms with Crippen LogP contribution in [0.3, 0.4) is 0 Å². The van der Waals surface area contributed by atoms with Gasteiger partial charge in [0.25, 0.3) is 5.91 Å². The van der Waals surface area contributed by atoms with E-state index in [0.717, 1.165) is 44.5 Å². The van der Waals surface area contributed by atoms with E-state index in [0.29, 0.717) is 37.0 Å². The molecule has 1 saturated carbocycles. The Hall–Kier alpha value is -1.89. The predicted molar refractivity (Wildman–Crippen MR) is 87.0 cm³/mol. The lowest BCUT2D eigenvalue weighted by Crippen LogP contribution is -2.43. The molecule has 0 aromatic carbocycles. The molecule has 0 unspecified atom stereocenters. The van der Waals surface area contributed by atoms with E-state index in [2.05, 4.69) is 5.16 Å². The van der Waals surface area contributed by atoms with E-state index in [9.17, 15) is 9.59 Å².